The number of benzene rings is 1. The van der Waals surface area contributed by atoms with E-state index in [1.807, 2.05) is 12.1 Å². The first-order valence-electron chi connectivity index (χ1n) is 3.60. The van der Waals surface area contributed by atoms with Crippen molar-refractivity contribution in [1.82, 2.24) is 5.32 Å². The molecular weight excluding hydrogens is 156 g/mol. The van der Waals surface area contributed by atoms with Crippen LogP contribution in [0.2, 0.25) is 0 Å². The summed E-state index contributed by atoms with van der Waals surface area (Å²) in [5, 5.41) is 2.55. The van der Waals surface area contributed by atoms with Crippen LogP contribution in [0.5, 0.6) is 5.75 Å². The molecule has 0 atom stereocenters. The van der Waals surface area contributed by atoms with E-state index >= 15 is 0 Å². The van der Waals surface area contributed by atoms with Crippen LogP contribution in [0.4, 0.5) is 10.5 Å². The van der Waals surface area contributed by atoms with E-state index in [-0.39, 0.29) is 0 Å². The second-order valence-electron chi connectivity index (χ2n) is 2.58. The summed E-state index contributed by atoms with van der Waals surface area (Å²) in [5.74, 6) is 0.487. The summed E-state index contributed by atoms with van der Waals surface area (Å²) in [6, 6.07) is 5.40. The van der Waals surface area contributed by atoms with E-state index in [0.29, 0.717) is 18.0 Å². The molecule has 12 heavy (non-hydrogen) atoms. The largest absolute Gasteiger partial charge is 0.412 e. The fourth-order valence-corrected chi connectivity index (χ4v) is 1.16. The Morgan fingerprint density at radius 3 is 3.17 bits per heavy atom. The van der Waals surface area contributed by atoms with Gasteiger partial charge in [-0.1, -0.05) is 12.1 Å². The molecule has 0 saturated carbocycles. The topological polar surface area (TPSA) is 64.3 Å². The molecule has 0 bridgehead atoms. The van der Waals surface area contributed by atoms with Gasteiger partial charge in [0.25, 0.3) is 0 Å². The molecule has 0 aromatic heterocycles. The van der Waals surface area contributed by atoms with Crippen molar-refractivity contribution in [2.24, 2.45) is 0 Å². The van der Waals surface area contributed by atoms with Crippen LogP contribution in [0, 0.1) is 0 Å². The number of para-hydroxylation sites is 1. The molecule has 1 heterocycles. The number of amides is 1. The quantitative estimate of drug-likeness (QED) is 0.559. The Morgan fingerprint density at radius 1 is 1.50 bits per heavy atom. The van der Waals surface area contributed by atoms with E-state index in [1.165, 1.54) is 0 Å². The summed E-state index contributed by atoms with van der Waals surface area (Å²) in [6.07, 6.45) is -0.444. The smallest absolute Gasteiger partial charge is 0.408 e. The highest BCUT2D eigenvalue weighted by Gasteiger charge is 2.17. The lowest BCUT2D eigenvalue weighted by molar-refractivity contribution is 0.195. The first-order chi connectivity index (χ1) is 5.77. The summed E-state index contributed by atoms with van der Waals surface area (Å²) in [4.78, 5) is 10.8. The minimum absolute atomic E-state index is 0.444. The zero-order valence-electron chi connectivity index (χ0n) is 6.33. The Hall–Kier alpha value is -1.71. The van der Waals surface area contributed by atoms with Crippen molar-refractivity contribution in [3.63, 3.8) is 0 Å². The number of nitrogens with two attached hydrogens (primary N) is 1. The van der Waals surface area contributed by atoms with Gasteiger partial charge in [-0.15, -0.1) is 0 Å². The number of ether oxygens (including phenoxy) is 1. The van der Waals surface area contributed by atoms with Crippen molar-refractivity contribution in [3.05, 3.63) is 23.8 Å². The van der Waals surface area contributed by atoms with Crippen molar-refractivity contribution in [1.29, 1.82) is 0 Å². The third-order valence-electron chi connectivity index (χ3n) is 1.74. The van der Waals surface area contributed by atoms with Crippen molar-refractivity contribution >= 4 is 11.8 Å². The van der Waals surface area contributed by atoms with E-state index in [2.05, 4.69) is 5.32 Å². The van der Waals surface area contributed by atoms with Gasteiger partial charge in [0.2, 0.25) is 0 Å². The molecule has 4 heteroatoms. The van der Waals surface area contributed by atoms with Crippen molar-refractivity contribution < 1.29 is 9.53 Å². The van der Waals surface area contributed by atoms with Gasteiger partial charge in [0.15, 0.2) is 5.75 Å². The number of hydrogen-bond acceptors (Lipinski definition) is 3. The zero-order valence-corrected chi connectivity index (χ0v) is 6.33. The second-order valence-corrected chi connectivity index (χ2v) is 2.58. The number of nitrogens with one attached hydrogen (secondary N) is 1. The van der Waals surface area contributed by atoms with Crippen molar-refractivity contribution in [2.45, 2.75) is 6.54 Å². The maximum Gasteiger partial charge on any atom is 0.412 e. The standard InChI is InChI=1S/C8H8N2O2/c9-6-3-1-2-5-4-10-8(11)12-7(5)6/h1-3H,4,9H2,(H,10,11). The third kappa shape index (κ3) is 0.972. The first kappa shape index (κ1) is 6.97. The van der Waals surface area contributed by atoms with E-state index in [0.717, 1.165) is 5.56 Å². The predicted molar refractivity (Wildman–Crippen MR) is 43.7 cm³/mol. The van der Waals surface area contributed by atoms with Gasteiger partial charge in [-0.2, -0.15) is 0 Å². The molecule has 1 aliphatic heterocycles. The van der Waals surface area contributed by atoms with Gasteiger partial charge < -0.3 is 15.8 Å². The van der Waals surface area contributed by atoms with E-state index < -0.39 is 6.09 Å². The fraction of sp³-hybridized carbons (Fsp3) is 0.125. The molecule has 0 saturated heterocycles. The average molecular weight is 164 g/mol. The molecule has 3 N–H and O–H groups in total. The van der Waals surface area contributed by atoms with E-state index in [1.54, 1.807) is 6.07 Å². The monoisotopic (exact) mass is 164 g/mol. The van der Waals surface area contributed by atoms with Crippen molar-refractivity contribution in [3.8, 4) is 5.75 Å². The Balaban J connectivity index is 2.50. The Morgan fingerprint density at radius 2 is 2.33 bits per heavy atom. The minimum atomic E-state index is -0.444. The average Bonchev–Trinajstić information content (AvgIpc) is 2.07. The number of nitrogen functional groups attached to an aromatic ring is 1. The fourth-order valence-electron chi connectivity index (χ4n) is 1.16. The van der Waals surface area contributed by atoms with Gasteiger partial charge in [-0.25, -0.2) is 4.79 Å². The summed E-state index contributed by atoms with van der Waals surface area (Å²) in [5.41, 5.74) is 7.01. The summed E-state index contributed by atoms with van der Waals surface area (Å²) < 4.78 is 4.89. The van der Waals surface area contributed by atoms with Crippen LogP contribution >= 0.6 is 0 Å². The molecule has 0 aliphatic carbocycles. The first-order valence-corrected chi connectivity index (χ1v) is 3.60. The maximum atomic E-state index is 10.8. The van der Waals surface area contributed by atoms with Crippen LogP contribution < -0.4 is 15.8 Å². The third-order valence-corrected chi connectivity index (χ3v) is 1.74. The molecule has 0 spiro atoms. The summed E-state index contributed by atoms with van der Waals surface area (Å²) in [6.45, 7) is 0.485. The Kier molecular flexibility index (Phi) is 1.40. The van der Waals surface area contributed by atoms with E-state index in [4.69, 9.17) is 10.5 Å². The highest BCUT2D eigenvalue weighted by molar-refractivity contribution is 5.76. The molecule has 0 fully saturated rings. The number of hydrogen-bond donors (Lipinski definition) is 2. The normalized spacial score (nSPS) is 14.5. The number of carbonyl (C=O) groups is 1. The number of fused-ring (bicyclic) bond motifs is 1. The van der Waals surface area contributed by atoms with Crippen molar-refractivity contribution in [2.75, 3.05) is 5.73 Å². The highest BCUT2D eigenvalue weighted by Crippen LogP contribution is 2.28. The molecule has 1 aliphatic rings. The van der Waals surface area contributed by atoms with E-state index in [9.17, 15) is 4.79 Å². The molecule has 62 valence electrons. The van der Waals surface area contributed by atoms with Crippen LogP contribution in [0.3, 0.4) is 0 Å². The van der Waals surface area contributed by atoms with Crippen LogP contribution in [-0.4, -0.2) is 6.09 Å². The van der Waals surface area contributed by atoms with Gasteiger partial charge in [0.1, 0.15) is 0 Å². The number of anilines is 1. The van der Waals surface area contributed by atoms with Crippen LogP contribution in [-0.2, 0) is 6.54 Å². The number of rotatable bonds is 0. The molecule has 1 aromatic rings. The second kappa shape index (κ2) is 2.41. The zero-order chi connectivity index (χ0) is 8.55. The molecular formula is C8H8N2O2. The molecule has 4 nitrogen and oxygen atoms in total. The molecule has 0 unspecified atom stereocenters. The Labute approximate surface area is 69.3 Å². The van der Waals surface area contributed by atoms with Crippen LogP contribution in [0.15, 0.2) is 18.2 Å². The predicted octanol–water partition coefficient (Wildman–Crippen LogP) is 0.871. The molecule has 0 radical (unpaired) electrons. The molecule has 1 amide bonds. The summed E-state index contributed by atoms with van der Waals surface area (Å²) in [7, 11) is 0. The number of carbonyl (C=O) groups excluding carboxylic acids is 1. The lowest BCUT2D eigenvalue weighted by Gasteiger charge is -2.17. The Bertz CT molecular complexity index is 336. The van der Waals surface area contributed by atoms with Crippen LogP contribution in [0.25, 0.3) is 0 Å². The molecule has 1 aromatic carbocycles. The van der Waals surface area contributed by atoms with Gasteiger partial charge in [-0.3, -0.25) is 0 Å². The van der Waals surface area contributed by atoms with Gasteiger partial charge in [0.05, 0.1) is 5.69 Å². The lowest BCUT2D eigenvalue weighted by atomic mass is 10.1. The highest BCUT2D eigenvalue weighted by atomic mass is 16.6. The van der Waals surface area contributed by atoms with Crippen LogP contribution in [0.1, 0.15) is 5.56 Å². The lowest BCUT2D eigenvalue weighted by Crippen LogP contribution is -2.31. The minimum Gasteiger partial charge on any atom is -0.408 e. The van der Waals surface area contributed by atoms with Gasteiger partial charge in [-0.05, 0) is 6.07 Å². The van der Waals surface area contributed by atoms with Gasteiger partial charge in [0, 0.05) is 12.1 Å². The molecule has 2 rings (SSSR count). The summed E-state index contributed by atoms with van der Waals surface area (Å²) >= 11 is 0. The SMILES string of the molecule is Nc1cccc2c1OC(=O)NC2. The maximum absolute atomic E-state index is 10.8. The van der Waals surface area contributed by atoms with Gasteiger partial charge >= 0.3 is 6.09 Å².